The standard InChI is InChI=1S/C18H20N2O4/c1-12-9-14(19-24-12)15-3-2-8-20(15)18(21)7-5-13-4-6-16-17(10-13)23-11-22-16/h4,6,9-10,15H,2-3,5,7-8,11H2,1H3/t15-/m0/s1. The minimum atomic E-state index is 0.0479. The lowest BCUT2D eigenvalue weighted by Crippen LogP contribution is -2.30. The summed E-state index contributed by atoms with van der Waals surface area (Å²) in [6.45, 7) is 2.93. The third-order valence-corrected chi connectivity index (χ3v) is 4.63. The highest BCUT2D eigenvalue weighted by atomic mass is 16.7. The van der Waals surface area contributed by atoms with E-state index in [1.165, 1.54) is 0 Å². The predicted octanol–water partition coefficient (Wildman–Crippen LogP) is 3.01. The summed E-state index contributed by atoms with van der Waals surface area (Å²) in [6, 6.07) is 7.82. The van der Waals surface area contributed by atoms with Crippen LogP contribution in [-0.2, 0) is 11.2 Å². The van der Waals surface area contributed by atoms with Gasteiger partial charge in [-0.05, 0) is 43.9 Å². The summed E-state index contributed by atoms with van der Waals surface area (Å²) in [4.78, 5) is 14.6. The topological polar surface area (TPSA) is 64.8 Å². The highest BCUT2D eigenvalue weighted by molar-refractivity contribution is 5.77. The summed E-state index contributed by atoms with van der Waals surface area (Å²) in [5.41, 5.74) is 1.95. The van der Waals surface area contributed by atoms with Gasteiger partial charge in [0.2, 0.25) is 12.7 Å². The van der Waals surface area contributed by atoms with E-state index in [-0.39, 0.29) is 18.7 Å². The van der Waals surface area contributed by atoms with Gasteiger partial charge in [0, 0.05) is 19.0 Å². The number of benzene rings is 1. The molecule has 0 unspecified atom stereocenters. The maximum atomic E-state index is 12.7. The zero-order chi connectivity index (χ0) is 16.5. The van der Waals surface area contributed by atoms with Crippen LogP contribution >= 0.6 is 0 Å². The van der Waals surface area contributed by atoms with Crippen LogP contribution in [0.25, 0.3) is 0 Å². The van der Waals surface area contributed by atoms with Crippen LogP contribution in [0.1, 0.15) is 42.3 Å². The Morgan fingerprint density at radius 2 is 2.17 bits per heavy atom. The molecule has 1 saturated heterocycles. The van der Waals surface area contributed by atoms with Crippen molar-refractivity contribution in [1.29, 1.82) is 0 Å². The molecular weight excluding hydrogens is 308 g/mol. The molecule has 126 valence electrons. The fourth-order valence-electron chi connectivity index (χ4n) is 3.41. The number of hydrogen-bond acceptors (Lipinski definition) is 5. The van der Waals surface area contributed by atoms with E-state index in [9.17, 15) is 4.79 Å². The van der Waals surface area contributed by atoms with Crippen molar-refractivity contribution in [3.8, 4) is 11.5 Å². The first-order valence-corrected chi connectivity index (χ1v) is 8.32. The van der Waals surface area contributed by atoms with E-state index < -0.39 is 0 Å². The number of aryl methyl sites for hydroxylation is 2. The summed E-state index contributed by atoms with van der Waals surface area (Å²) in [5, 5.41) is 4.09. The summed E-state index contributed by atoms with van der Waals surface area (Å²) in [7, 11) is 0. The molecule has 6 heteroatoms. The minimum absolute atomic E-state index is 0.0479. The molecule has 0 spiro atoms. The number of carbonyl (C=O) groups excluding carboxylic acids is 1. The van der Waals surface area contributed by atoms with Crippen LogP contribution < -0.4 is 9.47 Å². The molecule has 4 rings (SSSR count). The Labute approximate surface area is 140 Å². The summed E-state index contributed by atoms with van der Waals surface area (Å²) >= 11 is 0. The molecule has 1 aromatic heterocycles. The van der Waals surface area contributed by atoms with Gasteiger partial charge in [0.05, 0.1) is 6.04 Å². The third kappa shape index (κ3) is 2.84. The Hall–Kier alpha value is -2.50. The number of hydrogen-bond donors (Lipinski definition) is 0. The first-order chi connectivity index (χ1) is 11.7. The number of nitrogens with zero attached hydrogens (tertiary/aromatic N) is 2. The Morgan fingerprint density at radius 1 is 1.29 bits per heavy atom. The van der Waals surface area contributed by atoms with Gasteiger partial charge in [0.15, 0.2) is 11.5 Å². The molecule has 1 fully saturated rings. The van der Waals surface area contributed by atoms with Crippen LogP contribution in [-0.4, -0.2) is 29.3 Å². The van der Waals surface area contributed by atoms with Crippen LogP contribution in [0.4, 0.5) is 0 Å². The van der Waals surface area contributed by atoms with E-state index in [1.54, 1.807) is 0 Å². The average molecular weight is 328 g/mol. The van der Waals surface area contributed by atoms with Crippen molar-refractivity contribution in [2.75, 3.05) is 13.3 Å². The van der Waals surface area contributed by atoms with E-state index >= 15 is 0 Å². The van der Waals surface area contributed by atoms with Crippen molar-refractivity contribution < 1.29 is 18.8 Å². The van der Waals surface area contributed by atoms with E-state index in [0.717, 1.165) is 47.9 Å². The molecule has 1 amide bonds. The molecule has 3 heterocycles. The quantitative estimate of drug-likeness (QED) is 0.863. The first-order valence-electron chi connectivity index (χ1n) is 8.32. The molecular formula is C18H20N2O4. The van der Waals surface area contributed by atoms with Crippen molar-refractivity contribution in [2.45, 2.75) is 38.6 Å². The van der Waals surface area contributed by atoms with Gasteiger partial charge in [0.25, 0.3) is 0 Å². The Morgan fingerprint density at radius 3 is 3.00 bits per heavy atom. The zero-order valence-electron chi connectivity index (χ0n) is 13.7. The number of fused-ring (bicyclic) bond motifs is 1. The highest BCUT2D eigenvalue weighted by Gasteiger charge is 2.31. The van der Waals surface area contributed by atoms with E-state index in [2.05, 4.69) is 5.16 Å². The normalized spacial score (nSPS) is 19.0. The first kappa shape index (κ1) is 15.1. The predicted molar refractivity (Wildman–Crippen MR) is 85.8 cm³/mol. The summed E-state index contributed by atoms with van der Waals surface area (Å²) in [6.07, 6.45) is 3.12. The van der Waals surface area contributed by atoms with Gasteiger partial charge >= 0.3 is 0 Å². The lowest BCUT2D eigenvalue weighted by molar-refractivity contribution is -0.132. The Bertz CT molecular complexity index is 755. The van der Waals surface area contributed by atoms with E-state index in [0.29, 0.717) is 12.8 Å². The third-order valence-electron chi connectivity index (χ3n) is 4.63. The smallest absolute Gasteiger partial charge is 0.231 e. The fourth-order valence-corrected chi connectivity index (χ4v) is 3.41. The van der Waals surface area contributed by atoms with Gasteiger partial charge in [-0.1, -0.05) is 11.2 Å². The monoisotopic (exact) mass is 328 g/mol. The van der Waals surface area contributed by atoms with Gasteiger partial charge in [-0.15, -0.1) is 0 Å². The molecule has 0 aliphatic carbocycles. The van der Waals surface area contributed by atoms with Crippen LogP contribution in [0.2, 0.25) is 0 Å². The molecule has 24 heavy (non-hydrogen) atoms. The van der Waals surface area contributed by atoms with Gasteiger partial charge in [-0.25, -0.2) is 0 Å². The van der Waals surface area contributed by atoms with Crippen LogP contribution in [0.3, 0.4) is 0 Å². The average Bonchev–Trinajstić information content (AvgIpc) is 3.31. The molecule has 2 aromatic rings. The number of likely N-dealkylation sites (tertiary alicyclic amines) is 1. The maximum absolute atomic E-state index is 12.7. The molecule has 1 atom stereocenters. The number of carbonyl (C=O) groups is 1. The SMILES string of the molecule is Cc1cc([C@@H]2CCCN2C(=O)CCc2ccc3c(c2)OCO3)no1. The lowest BCUT2D eigenvalue weighted by Gasteiger charge is -2.23. The molecule has 2 aliphatic heterocycles. The molecule has 6 nitrogen and oxygen atoms in total. The van der Waals surface area contributed by atoms with Crippen LogP contribution in [0.5, 0.6) is 11.5 Å². The summed E-state index contributed by atoms with van der Waals surface area (Å²) < 4.78 is 15.9. The Balaban J connectivity index is 1.40. The highest BCUT2D eigenvalue weighted by Crippen LogP contribution is 2.34. The van der Waals surface area contributed by atoms with Crippen LogP contribution in [0.15, 0.2) is 28.8 Å². The van der Waals surface area contributed by atoms with Crippen molar-refractivity contribution in [3.05, 3.63) is 41.3 Å². The number of rotatable bonds is 4. The molecule has 2 aliphatic rings. The van der Waals surface area contributed by atoms with Gasteiger partial charge in [0.1, 0.15) is 11.5 Å². The summed E-state index contributed by atoms with van der Waals surface area (Å²) in [5.74, 6) is 2.48. The molecule has 0 saturated carbocycles. The fraction of sp³-hybridized carbons (Fsp3) is 0.444. The largest absolute Gasteiger partial charge is 0.454 e. The number of aromatic nitrogens is 1. The lowest BCUT2D eigenvalue weighted by atomic mass is 10.1. The van der Waals surface area contributed by atoms with Gasteiger partial charge in [-0.3, -0.25) is 4.79 Å². The van der Waals surface area contributed by atoms with Crippen LogP contribution in [0, 0.1) is 6.92 Å². The molecule has 0 N–H and O–H groups in total. The minimum Gasteiger partial charge on any atom is -0.454 e. The van der Waals surface area contributed by atoms with Gasteiger partial charge in [-0.2, -0.15) is 0 Å². The second-order valence-corrected chi connectivity index (χ2v) is 6.30. The number of ether oxygens (including phenoxy) is 2. The van der Waals surface area contributed by atoms with Gasteiger partial charge < -0.3 is 18.9 Å². The number of amides is 1. The molecule has 1 aromatic carbocycles. The molecule has 0 radical (unpaired) electrons. The Kier molecular flexibility index (Phi) is 3.88. The van der Waals surface area contributed by atoms with Crippen molar-refractivity contribution in [1.82, 2.24) is 10.1 Å². The van der Waals surface area contributed by atoms with E-state index in [1.807, 2.05) is 36.1 Å². The van der Waals surface area contributed by atoms with E-state index in [4.69, 9.17) is 14.0 Å². The molecule has 0 bridgehead atoms. The second kappa shape index (κ2) is 6.19. The zero-order valence-corrected chi connectivity index (χ0v) is 13.7. The van der Waals surface area contributed by atoms with Crippen molar-refractivity contribution in [3.63, 3.8) is 0 Å². The van der Waals surface area contributed by atoms with Crippen molar-refractivity contribution in [2.24, 2.45) is 0 Å². The maximum Gasteiger partial charge on any atom is 0.231 e. The van der Waals surface area contributed by atoms with Crippen molar-refractivity contribution >= 4 is 5.91 Å². The second-order valence-electron chi connectivity index (χ2n) is 6.30.